The molecular formula is C9H12N4S. The highest BCUT2D eigenvalue weighted by atomic mass is 32.1. The Hall–Kier alpha value is -1.36. The molecule has 0 saturated carbocycles. The second kappa shape index (κ2) is 3.79. The van der Waals surface area contributed by atoms with Gasteiger partial charge in [0, 0.05) is 30.5 Å². The number of hydrogen-bond donors (Lipinski definition) is 1. The molecule has 0 atom stereocenters. The summed E-state index contributed by atoms with van der Waals surface area (Å²) in [6, 6.07) is 0. The molecule has 0 amide bonds. The molecule has 0 radical (unpaired) electrons. The molecule has 0 aromatic carbocycles. The average molecular weight is 208 g/mol. The first kappa shape index (κ1) is 9.21. The molecule has 0 bridgehead atoms. The molecule has 2 rings (SSSR count). The van der Waals surface area contributed by atoms with Crippen LogP contribution in [0.5, 0.6) is 0 Å². The molecule has 0 aliphatic carbocycles. The fourth-order valence-electron chi connectivity index (χ4n) is 1.16. The first-order valence-corrected chi connectivity index (χ1v) is 5.20. The van der Waals surface area contributed by atoms with Gasteiger partial charge in [-0.25, -0.2) is 9.97 Å². The highest BCUT2D eigenvalue weighted by Crippen LogP contribution is 2.16. The van der Waals surface area contributed by atoms with Gasteiger partial charge in [0.25, 0.3) is 0 Å². The van der Waals surface area contributed by atoms with E-state index >= 15 is 0 Å². The van der Waals surface area contributed by atoms with Crippen molar-refractivity contribution in [1.82, 2.24) is 14.5 Å². The minimum absolute atomic E-state index is 0.719. The largest absolute Gasteiger partial charge is 0.354 e. The average Bonchev–Trinajstić information content (AvgIpc) is 2.72. The Morgan fingerprint density at radius 1 is 1.50 bits per heavy atom. The summed E-state index contributed by atoms with van der Waals surface area (Å²) in [6.07, 6.45) is 5.60. The van der Waals surface area contributed by atoms with Gasteiger partial charge >= 0.3 is 0 Å². The van der Waals surface area contributed by atoms with Crippen molar-refractivity contribution in [3.63, 3.8) is 0 Å². The first-order chi connectivity index (χ1) is 6.75. The van der Waals surface area contributed by atoms with E-state index in [2.05, 4.69) is 15.3 Å². The predicted molar refractivity (Wildman–Crippen MR) is 57.4 cm³/mol. The van der Waals surface area contributed by atoms with Crippen molar-refractivity contribution in [2.24, 2.45) is 7.05 Å². The van der Waals surface area contributed by atoms with Gasteiger partial charge in [-0.1, -0.05) is 0 Å². The van der Waals surface area contributed by atoms with Gasteiger partial charge in [-0.05, 0) is 6.92 Å². The molecule has 0 aliphatic heterocycles. The fraction of sp³-hybridized carbons (Fsp3) is 0.333. The van der Waals surface area contributed by atoms with Crippen molar-refractivity contribution in [2.75, 3.05) is 5.32 Å². The van der Waals surface area contributed by atoms with Crippen LogP contribution in [0.2, 0.25) is 0 Å². The lowest BCUT2D eigenvalue weighted by Crippen LogP contribution is -2.05. The van der Waals surface area contributed by atoms with Gasteiger partial charge in [-0.2, -0.15) is 0 Å². The van der Waals surface area contributed by atoms with Gasteiger partial charge in [0.15, 0.2) is 5.13 Å². The zero-order valence-electron chi connectivity index (χ0n) is 8.19. The first-order valence-electron chi connectivity index (χ1n) is 4.38. The van der Waals surface area contributed by atoms with E-state index in [-0.39, 0.29) is 0 Å². The summed E-state index contributed by atoms with van der Waals surface area (Å²) in [5.41, 5.74) is 0. The molecule has 14 heavy (non-hydrogen) atoms. The van der Waals surface area contributed by atoms with E-state index in [0.717, 1.165) is 17.5 Å². The molecule has 0 unspecified atom stereocenters. The number of aromatic nitrogens is 3. The molecule has 2 aromatic heterocycles. The maximum atomic E-state index is 4.22. The summed E-state index contributed by atoms with van der Waals surface area (Å²) in [5, 5.41) is 4.18. The van der Waals surface area contributed by atoms with Crippen LogP contribution in [0.1, 0.15) is 10.7 Å². The smallest absolute Gasteiger partial charge is 0.183 e. The number of rotatable bonds is 3. The minimum Gasteiger partial charge on any atom is -0.354 e. The van der Waals surface area contributed by atoms with Gasteiger partial charge in [-0.15, -0.1) is 11.3 Å². The monoisotopic (exact) mass is 208 g/mol. The van der Waals surface area contributed by atoms with Crippen molar-refractivity contribution in [1.29, 1.82) is 0 Å². The van der Waals surface area contributed by atoms with Gasteiger partial charge in [0.2, 0.25) is 0 Å². The Morgan fingerprint density at radius 3 is 2.93 bits per heavy atom. The summed E-state index contributed by atoms with van der Waals surface area (Å²) in [6.45, 7) is 2.76. The number of thiazole rings is 1. The Morgan fingerprint density at radius 2 is 2.36 bits per heavy atom. The zero-order valence-corrected chi connectivity index (χ0v) is 9.01. The molecule has 74 valence electrons. The van der Waals surface area contributed by atoms with Crippen LogP contribution in [0.25, 0.3) is 0 Å². The van der Waals surface area contributed by atoms with Crippen LogP contribution in [0.4, 0.5) is 5.13 Å². The number of aryl methyl sites for hydroxylation is 2. The topological polar surface area (TPSA) is 42.7 Å². The van der Waals surface area contributed by atoms with Gasteiger partial charge in [0.1, 0.15) is 5.82 Å². The van der Waals surface area contributed by atoms with E-state index in [1.54, 1.807) is 17.5 Å². The van der Waals surface area contributed by atoms with Crippen molar-refractivity contribution in [3.8, 4) is 0 Å². The van der Waals surface area contributed by atoms with E-state index in [1.165, 1.54) is 4.88 Å². The van der Waals surface area contributed by atoms with Crippen LogP contribution < -0.4 is 5.32 Å². The number of imidazole rings is 1. The molecule has 0 fully saturated rings. The lowest BCUT2D eigenvalue weighted by molar-refractivity contribution is 0.812. The lowest BCUT2D eigenvalue weighted by Gasteiger charge is -2.01. The second-order valence-electron chi connectivity index (χ2n) is 3.08. The maximum absolute atomic E-state index is 4.22. The summed E-state index contributed by atoms with van der Waals surface area (Å²) < 4.78 is 1.99. The van der Waals surface area contributed by atoms with Crippen molar-refractivity contribution < 1.29 is 0 Å². The predicted octanol–water partition coefficient (Wildman–Crippen LogP) is 1.80. The summed E-state index contributed by atoms with van der Waals surface area (Å²) >= 11 is 1.66. The number of nitrogens with one attached hydrogen (secondary N) is 1. The van der Waals surface area contributed by atoms with Crippen LogP contribution in [0, 0.1) is 6.92 Å². The third-order valence-corrected chi connectivity index (χ3v) is 2.81. The zero-order chi connectivity index (χ0) is 9.97. The third kappa shape index (κ3) is 1.93. The van der Waals surface area contributed by atoms with Crippen LogP contribution >= 0.6 is 11.3 Å². The highest BCUT2D eigenvalue weighted by molar-refractivity contribution is 7.15. The molecule has 0 spiro atoms. The lowest BCUT2D eigenvalue weighted by atomic mass is 10.6. The van der Waals surface area contributed by atoms with Gasteiger partial charge in [-0.3, -0.25) is 0 Å². The summed E-state index contributed by atoms with van der Waals surface area (Å²) in [5.74, 6) is 1.01. The Bertz CT molecular complexity index is 418. The Labute approximate surface area is 86.6 Å². The van der Waals surface area contributed by atoms with E-state index in [9.17, 15) is 0 Å². The standard InChI is InChI=1S/C9H12N4S/c1-7-5-11-9(14-7)12-6-8-10-3-4-13(8)2/h3-5H,6H2,1-2H3,(H,11,12). The minimum atomic E-state index is 0.719. The van der Waals surface area contributed by atoms with E-state index < -0.39 is 0 Å². The third-order valence-electron chi connectivity index (χ3n) is 1.94. The Kier molecular flexibility index (Phi) is 2.49. The van der Waals surface area contributed by atoms with Crippen molar-refractivity contribution in [2.45, 2.75) is 13.5 Å². The fourth-order valence-corrected chi connectivity index (χ4v) is 1.82. The summed E-state index contributed by atoms with van der Waals surface area (Å²) in [7, 11) is 1.98. The number of hydrogen-bond acceptors (Lipinski definition) is 4. The van der Waals surface area contributed by atoms with E-state index in [0.29, 0.717) is 0 Å². The molecule has 0 aliphatic rings. The second-order valence-corrected chi connectivity index (χ2v) is 4.32. The Balaban J connectivity index is 1.98. The SMILES string of the molecule is Cc1cnc(NCc2nccn2C)s1. The molecule has 4 nitrogen and oxygen atoms in total. The molecule has 2 heterocycles. The van der Waals surface area contributed by atoms with E-state index in [4.69, 9.17) is 0 Å². The summed E-state index contributed by atoms with van der Waals surface area (Å²) in [4.78, 5) is 9.65. The van der Waals surface area contributed by atoms with Crippen LogP contribution in [-0.2, 0) is 13.6 Å². The van der Waals surface area contributed by atoms with Crippen LogP contribution in [0.3, 0.4) is 0 Å². The van der Waals surface area contributed by atoms with E-state index in [1.807, 2.05) is 30.9 Å². The highest BCUT2D eigenvalue weighted by Gasteiger charge is 2.00. The maximum Gasteiger partial charge on any atom is 0.183 e. The molecule has 5 heteroatoms. The van der Waals surface area contributed by atoms with Crippen molar-refractivity contribution >= 4 is 16.5 Å². The quantitative estimate of drug-likeness (QED) is 0.836. The molecular weight excluding hydrogens is 196 g/mol. The molecule has 1 N–H and O–H groups in total. The molecule has 2 aromatic rings. The number of nitrogens with zero attached hydrogens (tertiary/aromatic N) is 3. The molecule has 0 saturated heterocycles. The van der Waals surface area contributed by atoms with Crippen LogP contribution in [-0.4, -0.2) is 14.5 Å². The van der Waals surface area contributed by atoms with Crippen molar-refractivity contribution in [3.05, 3.63) is 29.3 Å². The normalized spacial score (nSPS) is 10.4. The van der Waals surface area contributed by atoms with Gasteiger partial charge in [0.05, 0.1) is 6.54 Å². The number of anilines is 1. The van der Waals surface area contributed by atoms with Crippen LogP contribution in [0.15, 0.2) is 18.6 Å². The van der Waals surface area contributed by atoms with Gasteiger partial charge < -0.3 is 9.88 Å².